The number of methoxy groups -OCH3 is 1. The van der Waals surface area contributed by atoms with Crippen molar-refractivity contribution in [2.75, 3.05) is 13.3 Å². The first-order valence-corrected chi connectivity index (χ1v) is 7.28. The minimum atomic E-state index is -1.09. The molecule has 0 unspecified atom stereocenters. The second kappa shape index (κ2) is 4.25. The Kier molecular flexibility index (Phi) is 4.23. The van der Waals surface area contributed by atoms with Gasteiger partial charge in [-0.3, -0.25) is 4.79 Å². The lowest BCUT2D eigenvalue weighted by Crippen LogP contribution is -2.31. The molecule has 1 aliphatic heterocycles. The Morgan fingerprint density at radius 3 is 2.50 bits per heavy atom. The van der Waals surface area contributed by atoms with Gasteiger partial charge in [-0.15, -0.1) is 12.4 Å². The summed E-state index contributed by atoms with van der Waals surface area (Å²) in [5, 5.41) is 3.18. The summed E-state index contributed by atoms with van der Waals surface area (Å²) < 4.78 is 4.65. The Morgan fingerprint density at radius 1 is 1.58 bits per heavy atom. The molecule has 1 N–H and O–H groups in total. The van der Waals surface area contributed by atoms with E-state index in [4.69, 9.17) is 0 Å². The van der Waals surface area contributed by atoms with Crippen LogP contribution >= 0.6 is 12.4 Å². The summed E-state index contributed by atoms with van der Waals surface area (Å²) in [4.78, 5) is 11.0. The van der Waals surface area contributed by atoms with Gasteiger partial charge in [0, 0.05) is 0 Å². The fourth-order valence-electron chi connectivity index (χ4n) is 1.41. The van der Waals surface area contributed by atoms with Crippen molar-refractivity contribution in [2.45, 2.75) is 25.2 Å². The zero-order valence-electron chi connectivity index (χ0n) is 7.72. The smallest absolute Gasteiger partial charge is 0.322 e. The van der Waals surface area contributed by atoms with E-state index in [1.165, 1.54) is 7.11 Å². The number of hydrogen-bond donors (Lipinski definition) is 1. The van der Waals surface area contributed by atoms with Crippen LogP contribution in [0.25, 0.3) is 0 Å². The minimum absolute atomic E-state index is 0. The number of rotatable bonds is 1. The van der Waals surface area contributed by atoms with Crippen LogP contribution in [0.5, 0.6) is 0 Å². The highest BCUT2D eigenvalue weighted by Gasteiger charge is 2.36. The molecule has 1 fully saturated rings. The van der Waals surface area contributed by atoms with E-state index >= 15 is 0 Å². The standard InChI is InChI=1S/C7H15NO2Si.ClH/c1-10-7(9)6-4-11(2,3)5-8-6;/h6,8H,4-5H2,1-3H3;1H/t6-;/m0./s1. The van der Waals surface area contributed by atoms with Crippen molar-refractivity contribution >= 4 is 26.5 Å². The molecule has 1 heterocycles. The minimum Gasteiger partial charge on any atom is -0.468 e. The zero-order valence-corrected chi connectivity index (χ0v) is 9.53. The summed E-state index contributed by atoms with van der Waals surface area (Å²) in [6.07, 6.45) is 1.03. The van der Waals surface area contributed by atoms with Crippen LogP contribution in [0, 0.1) is 0 Å². The first-order chi connectivity index (χ1) is 5.05. The van der Waals surface area contributed by atoms with E-state index in [1.807, 2.05) is 0 Å². The number of hydrogen-bond acceptors (Lipinski definition) is 3. The quantitative estimate of drug-likeness (QED) is 0.513. The van der Waals surface area contributed by atoms with Crippen molar-refractivity contribution in [3.8, 4) is 0 Å². The largest absolute Gasteiger partial charge is 0.468 e. The molecule has 12 heavy (non-hydrogen) atoms. The van der Waals surface area contributed by atoms with Gasteiger partial charge in [-0.1, -0.05) is 13.1 Å². The van der Waals surface area contributed by atoms with Crippen molar-refractivity contribution in [3.63, 3.8) is 0 Å². The highest BCUT2D eigenvalue weighted by Crippen LogP contribution is 2.18. The van der Waals surface area contributed by atoms with Crippen LogP contribution in [0.15, 0.2) is 0 Å². The third-order valence-electron chi connectivity index (χ3n) is 2.07. The third kappa shape index (κ3) is 2.77. The molecule has 0 spiro atoms. The summed E-state index contributed by atoms with van der Waals surface area (Å²) in [6.45, 7) is 4.56. The Balaban J connectivity index is 0.00000121. The average molecular weight is 210 g/mol. The Labute approximate surface area is 80.3 Å². The predicted molar refractivity (Wildman–Crippen MR) is 53.3 cm³/mol. The fraction of sp³-hybridized carbons (Fsp3) is 0.857. The van der Waals surface area contributed by atoms with E-state index in [1.54, 1.807) is 0 Å². The molecule has 5 heteroatoms. The second-order valence-electron chi connectivity index (χ2n) is 3.82. The first kappa shape index (κ1) is 11.9. The van der Waals surface area contributed by atoms with Gasteiger partial charge in [-0.2, -0.15) is 0 Å². The van der Waals surface area contributed by atoms with Crippen molar-refractivity contribution in [1.82, 2.24) is 5.32 Å². The highest BCUT2D eigenvalue weighted by atomic mass is 35.5. The van der Waals surface area contributed by atoms with Gasteiger partial charge in [-0.25, -0.2) is 0 Å². The highest BCUT2D eigenvalue weighted by molar-refractivity contribution is 6.78. The van der Waals surface area contributed by atoms with E-state index in [0.717, 1.165) is 12.2 Å². The number of carbonyl (C=O) groups is 1. The maximum atomic E-state index is 11.0. The van der Waals surface area contributed by atoms with Crippen molar-refractivity contribution in [1.29, 1.82) is 0 Å². The molecular formula is C7H16ClNO2Si. The zero-order chi connectivity index (χ0) is 8.48. The van der Waals surface area contributed by atoms with Gasteiger partial charge in [0.05, 0.1) is 15.2 Å². The third-order valence-corrected chi connectivity index (χ3v) is 4.74. The van der Waals surface area contributed by atoms with Gasteiger partial charge in [0.2, 0.25) is 0 Å². The molecule has 0 aromatic rings. The summed E-state index contributed by atoms with van der Waals surface area (Å²) in [5.74, 6) is -0.108. The maximum absolute atomic E-state index is 11.0. The molecule has 0 saturated carbocycles. The van der Waals surface area contributed by atoms with Gasteiger partial charge in [-0.05, 0) is 12.2 Å². The Hall–Kier alpha value is -0.0631. The van der Waals surface area contributed by atoms with Crippen LogP contribution in [-0.4, -0.2) is 33.4 Å². The second-order valence-corrected chi connectivity index (χ2v) is 8.92. The number of carbonyl (C=O) groups excluding carboxylic acids is 1. The van der Waals surface area contributed by atoms with Gasteiger partial charge >= 0.3 is 5.97 Å². The lowest BCUT2D eigenvalue weighted by molar-refractivity contribution is -0.142. The molecule has 0 aliphatic carbocycles. The Morgan fingerprint density at radius 2 is 2.17 bits per heavy atom. The van der Waals surface area contributed by atoms with E-state index in [2.05, 4.69) is 23.1 Å². The topological polar surface area (TPSA) is 38.3 Å². The van der Waals surface area contributed by atoms with Crippen LogP contribution < -0.4 is 5.32 Å². The molecule has 0 bridgehead atoms. The van der Waals surface area contributed by atoms with Gasteiger partial charge < -0.3 is 10.1 Å². The average Bonchev–Trinajstić information content (AvgIpc) is 2.29. The first-order valence-electron chi connectivity index (χ1n) is 3.86. The van der Waals surface area contributed by atoms with E-state index in [-0.39, 0.29) is 24.4 Å². The molecule has 0 amide bonds. The van der Waals surface area contributed by atoms with Crippen LogP contribution in [0.4, 0.5) is 0 Å². The summed E-state index contributed by atoms with van der Waals surface area (Å²) in [6, 6.07) is 0.987. The lowest BCUT2D eigenvalue weighted by atomic mass is 10.3. The number of esters is 1. The summed E-state index contributed by atoms with van der Waals surface area (Å²) >= 11 is 0. The van der Waals surface area contributed by atoms with Crippen LogP contribution in [0.1, 0.15) is 0 Å². The molecular weight excluding hydrogens is 194 g/mol. The van der Waals surface area contributed by atoms with E-state index < -0.39 is 8.07 Å². The molecule has 0 radical (unpaired) electrons. The van der Waals surface area contributed by atoms with Gasteiger partial charge in [0.25, 0.3) is 0 Å². The molecule has 1 atom stereocenters. The summed E-state index contributed by atoms with van der Waals surface area (Å²) in [7, 11) is 0.347. The number of halogens is 1. The van der Waals surface area contributed by atoms with Crippen LogP contribution in [-0.2, 0) is 9.53 Å². The SMILES string of the molecule is COC(=O)[C@@H]1C[Si](C)(C)CN1.Cl. The molecule has 0 aromatic heterocycles. The molecule has 72 valence electrons. The van der Waals surface area contributed by atoms with Crippen molar-refractivity contribution in [2.24, 2.45) is 0 Å². The van der Waals surface area contributed by atoms with E-state index in [0.29, 0.717) is 0 Å². The maximum Gasteiger partial charge on any atom is 0.322 e. The van der Waals surface area contributed by atoms with Crippen LogP contribution in [0.2, 0.25) is 19.1 Å². The fourth-order valence-corrected chi connectivity index (χ4v) is 3.76. The van der Waals surface area contributed by atoms with E-state index in [9.17, 15) is 4.79 Å². The Bertz CT molecular complexity index is 175. The predicted octanol–water partition coefficient (Wildman–Crippen LogP) is 0.801. The monoisotopic (exact) mass is 209 g/mol. The van der Waals surface area contributed by atoms with Crippen molar-refractivity contribution in [3.05, 3.63) is 0 Å². The molecule has 1 saturated heterocycles. The number of ether oxygens (including phenoxy) is 1. The molecule has 0 aromatic carbocycles. The van der Waals surface area contributed by atoms with Crippen LogP contribution in [0.3, 0.4) is 0 Å². The summed E-state index contributed by atoms with van der Waals surface area (Å²) in [5.41, 5.74) is 0. The molecule has 1 aliphatic rings. The number of nitrogens with one attached hydrogen (secondary N) is 1. The van der Waals surface area contributed by atoms with Gasteiger partial charge in [0.1, 0.15) is 6.04 Å². The van der Waals surface area contributed by atoms with Gasteiger partial charge in [0.15, 0.2) is 0 Å². The molecule has 1 rings (SSSR count). The lowest BCUT2D eigenvalue weighted by Gasteiger charge is -2.11. The normalized spacial score (nSPS) is 26.1. The molecule has 3 nitrogen and oxygen atoms in total. The van der Waals surface area contributed by atoms with Crippen molar-refractivity contribution < 1.29 is 9.53 Å².